The van der Waals surface area contributed by atoms with Crippen LogP contribution < -0.4 is 11.1 Å². The molecular weight excluding hydrogens is 263 g/mol. The molecule has 0 aliphatic carbocycles. The van der Waals surface area contributed by atoms with Gasteiger partial charge in [-0.25, -0.2) is 0 Å². The molecule has 14 heavy (non-hydrogen) atoms. The van der Waals surface area contributed by atoms with Crippen molar-refractivity contribution in [2.45, 2.75) is 13.0 Å². The van der Waals surface area contributed by atoms with Gasteiger partial charge >= 0.3 is 0 Å². The number of hydrogen-bond donors (Lipinski definition) is 2. The lowest BCUT2D eigenvalue weighted by atomic mass is 10.1. The van der Waals surface area contributed by atoms with E-state index < -0.39 is 0 Å². The van der Waals surface area contributed by atoms with E-state index in [-0.39, 0.29) is 6.04 Å². The van der Waals surface area contributed by atoms with E-state index in [9.17, 15) is 0 Å². The zero-order chi connectivity index (χ0) is 10.6. The number of nitrogens with two attached hydrogens (primary N) is 1. The highest BCUT2D eigenvalue weighted by Gasteiger charge is 2.08. The van der Waals surface area contributed by atoms with Gasteiger partial charge in [0.2, 0.25) is 0 Å². The molecule has 2 nitrogen and oxygen atoms in total. The Morgan fingerprint density at radius 1 is 1.57 bits per heavy atom. The van der Waals surface area contributed by atoms with Crippen LogP contribution in [-0.2, 0) is 0 Å². The molecular formula is C10H14BrClN2. The van der Waals surface area contributed by atoms with Crippen LogP contribution in [0.5, 0.6) is 0 Å². The summed E-state index contributed by atoms with van der Waals surface area (Å²) in [6, 6.07) is 6.14. The molecule has 0 fully saturated rings. The Morgan fingerprint density at radius 2 is 2.29 bits per heavy atom. The third-order valence-corrected chi connectivity index (χ3v) is 2.84. The maximum absolute atomic E-state index is 6.10. The van der Waals surface area contributed by atoms with E-state index in [0.29, 0.717) is 6.54 Å². The predicted molar refractivity (Wildman–Crippen MR) is 64.6 cm³/mol. The smallest absolute Gasteiger partial charge is 0.0464 e. The van der Waals surface area contributed by atoms with Crippen LogP contribution in [0.15, 0.2) is 22.7 Å². The second kappa shape index (κ2) is 5.71. The van der Waals surface area contributed by atoms with Crippen molar-refractivity contribution in [2.75, 3.05) is 13.1 Å². The van der Waals surface area contributed by atoms with Crippen LogP contribution in [0.4, 0.5) is 0 Å². The molecule has 4 heteroatoms. The summed E-state index contributed by atoms with van der Waals surface area (Å²) in [4.78, 5) is 0. The quantitative estimate of drug-likeness (QED) is 0.888. The number of nitrogens with one attached hydrogen (secondary N) is 1. The summed E-state index contributed by atoms with van der Waals surface area (Å²) < 4.78 is 0.997. The molecule has 0 amide bonds. The molecule has 1 atom stereocenters. The topological polar surface area (TPSA) is 38.0 Å². The third kappa shape index (κ3) is 3.24. The summed E-state index contributed by atoms with van der Waals surface area (Å²) in [6.07, 6.45) is 0. The van der Waals surface area contributed by atoms with E-state index in [0.717, 1.165) is 21.6 Å². The molecule has 0 saturated heterocycles. The Bertz CT molecular complexity index is 304. The van der Waals surface area contributed by atoms with Crippen LogP contribution in [-0.4, -0.2) is 13.1 Å². The molecule has 78 valence electrons. The minimum Gasteiger partial charge on any atom is -0.329 e. The number of halogens is 2. The number of benzene rings is 1. The van der Waals surface area contributed by atoms with Crippen molar-refractivity contribution in [2.24, 2.45) is 5.73 Å². The van der Waals surface area contributed by atoms with Crippen molar-refractivity contribution in [3.05, 3.63) is 33.3 Å². The molecule has 1 aromatic rings. The van der Waals surface area contributed by atoms with Crippen molar-refractivity contribution in [1.82, 2.24) is 5.32 Å². The first-order chi connectivity index (χ1) is 6.65. The summed E-state index contributed by atoms with van der Waals surface area (Å²) in [5, 5.41) is 4.06. The van der Waals surface area contributed by atoms with Gasteiger partial charge in [0.05, 0.1) is 0 Å². The van der Waals surface area contributed by atoms with Crippen LogP contribution in [0.3, 0.4) is 0 Å². The lowest BCUT2D eigenvalue weighted by Crippen LogP contribution is -2.25. The maximum atomic E-state index is 6.10. The summed E-state index contributed by atoms with van der Waals surface area (Å²) in [7, 11) is 0. The van der Waals surface area contributed by atoms with E-state index in [1.54, 1.807) is 0 Å². The zero-order valence-electron chi connectivity index (χ0n) is 8.06. The Morgan fingerprint density at radius 3 is 2.86 bits per heavy atom. The maximum Gasteiger partial charge on any atom is 0.0464 e. The third-order valence-electron chi connectivity index (χ3n) is 2.02. The summed E-state index contributed by atoms with van der Waals surface area (Å²) in [6.45, 7) is 3.51. The van der Waals surface area contributed by atoms with Crippen LogP contribution in [0.25, 0.3) is 0 Å². The fourth-order valence-electron chi connectivity index (χ4n) is 1.26. The van der Waals surface area contributed by atoms with E-state index >= 15 is 0 Å². The molecule has 3 N–H and O–H groups in total. The Labute approximate surface area is 98.0 Å². The van der Waals surface area contributed by atoms with E-state index in [1.807, 2.05) is 18.2 Å². The van der Waals surface area contributed by atoms with Crippen molar-refractivity contribution in [3.8, 4) is 0 Å². The first kappa shape index (κ1) is 12.0. The van der Waals surface area contributed by atoms with Gasteiger partial charge in [0.15, 0.2) is 0 Å². The van der Waals surface area contributed by atoms with Crippen LogP contribution in [0.1, 0.15) is 18.5 Å². The standard InChI is InChI=1S/C10H14BrClN2/c1-7(14-5-4-13)9-3-2-8(11)6-10(9)12/h2-3,6-7,14H,4-5,13H2,1H3. The van der Waals surface area contributed by atoms with Gasteiger partial charge in [-0.15, -0.1) is 0 Å². The average molecular weight is 278 g/mol. The van der Waals surface area contributed by atoms with Gasteiger partial charge < -0.3 is 11.1 Å². The van der Waals surface area contributed by atoms with Crippen molar-refractivity contribution >= 4 is 27.5 Å². The molecule has 0 spiro atoms. The van der Waals surface area contributed by atoms with Crippen LogP contribution >= 0.6 is 27.5 Å². The molecule has 1 aromatic carbocycles. The molecule has 0 aliphatic heterocycles. The average Bonchev–Trinajstić information content (AvgIpc) is 2.14. The molecule has 0 heterocycles. The highest BCUT2D eigenvalue weighted by atomic mass is 79.9. The molecule has 0 saturated carbocycles. The Kier molecular flexibility index (Phi) is 4.89. The summed E-state index contributed by atoms with van der Waals surface area (Å²) in [5.74, 6) is 0. The second-order valence-electron chi connectivity index (χ2n) is 3.13. The van der Waals surface area contributed by atoms with Crippen LogP contribution in [0.2, 0.25) is 5.02 Å². The van der Waals surface area contributed by atoms with Crippen LogP contribution in [0, 0.1) is 0 Å². The zero-order valence-corrected chi connectivity index (χ0v) is 10.4. The Balaban J connectivity index is 2.74. The Hall–Kier alpha value is -0.0900. The summed E-state index contributed by atoms with van der Waals surface area (Å²) in [5.41, 5.74) is 6.51. The lowest BCUT2D eigenvalue weighted by Gasteiger charge is -2.15. The molecule has 0 radical (unpaired) electrons. The molecule has 0 bridgehead atoms. The fourth-order valence-corrected chi connectivity index (χ4v) is 2.10. The number of rotatable bonds is 4. The van der Waals surface area contributed by atoms with Gasteiger partial charge in [-0.05, 0) is 24.6 Å². The minimum absolute atomic E-state index is 0.235. The first-order valence-electron chi connectivity index (χ1n) is 4.53. The largest absolute Gasteiger partial charge is 0.329 e. The predicted octanol–water partition coefficient (Wildman–Crippen LogP) is 2.71. The highest BCUT2D eigenvalue weighted by molar-refractivity contribution is 9.10. The molecule has 0 aliphatic rings. The van der Waals surface area contributed by atoms with Gasteiger partial charge in [-0.1, -0.05) is 33.6 Å². The van der Waals surface area contributed by atoms with Crippen molar-refractivity contribution in [3.63, 3.8) is 0 Å². The molecule has 1 unspecified atom stereocenters. The lowest BCUT2D eigenvalue weighted by molar-refractivity contribution is 0.582. The normalized spacial score (nSPS) is 12.9. The SMILES string of the molecule is CC(NCCN)c1ccc(Br)cc1Cl. The van der Waals surface area contributed by atoms with Crippen molar-refractivity contribution in [1.29, 1.82) is 0 Å². The van der Waals surface area contributed by atoms with Gasteiger partial charge in [-0.2, -0.15) is 0 Å². The molecule has 1 rings (SSSR count). The monoisotopic (exact) mass is 276 g/mol. The van der Waals surface area contributed by atoms with E-state index in [1.165, 1.54) is 0 Å². The highest BCUT2D eigenvalue weighted by Crippen LogP contribution is 2.25. The fraction of sp³-hybridized carbons (Fsp3) is 0.400. The second-order valence-corrected chi connectivity index (χ2v) is 4.45. The molecule has 0 aromatic heterocycles. The van der Waals surface area contributed by atoms with E-state index in [2.05, 4.69) is 28.2 Å². The van der Waals surface area contributed by atoms with Gasteiger partial charge in [0.1, 0.15) is 0 Å². The van der Waals surface area contributed by atoms with Gasteiger partial charge in [0, 0.05) is 28.6 Å². The van der Waals surface area contributed by atoms with Gasteiger partial charge in [-0.3, -0.25) is 0 Å². The minimum atomic E-state index is 0.235. The van der Waals surface area contributed by atoms with E-state index in [4.69, 9.17) is 17.3 Å². The first-order valence-corrected chi connectivity index (χ1v) is 5.70. The number of hydrogen-bond acceptors (Lipinski definition) is 2. The van der Waals surface area contributed by atoms with Gasteiger partial charge in [0.25, 0.3) is 0 Å². The summed E-state index contributed by atoms with van der Waals surface area (Å²) >= 11 is 9.48. The van der Waals surface area contributed by atoms with Crippen molar-refractivity contribution < 1.29 is 0 Å².